The number of nitrogens with one attached hydrogen (secondary N) is 2. The maximum Gasteiger partial charge on any atom is 0.246 e. The Kier molecular flexibility index (Phi) is 7.88. The fraction of sp³-hybridized carbons (Fsp3) is 0.520. The van der Waals surface area contributed by atoms with Crippen molar-refractivity contribution in [3.63, 3.8) is 0 Å². The number of thiazole rings is 1. The number of amides is 2. The quantitative estimate of drug-likeness (QED) is 0.580. The van der Waals surface area contributed by atoms with E-state index in [0.29, 0.717) is 17.8 Å². The first-order valence-electron chi connectivity index (χ1n) is 11.9. The summed E-state index contributed by atoms with van der Waals surface area (Å²) >= 11 is 1.44. The molecule has 2 unspecified atom stereocenters. The third-order valence-electron chi connectivity index (χ3n) is 6.65. The largest absolute Gasteiger partial charge is 0.343 e. The van der Waals surface area contributed by atoms with Crippen molar-refractivity contribution in [2.24, 2.45) is 5.92 Å². The minimum atomic E-state index is -0.503. The van der Waals surface area contributed by atoms with Crippen LogP contribution in [0.15, 0.2) is 35.7 Å². The van der Waals surface area contributed by atoms with Crippen molar-refractivity contribution in [1.29, 1.82) is 0 Å². The van der Waals surface area contributed by atoms with Crippen molar-refractivity contribution in [1.82, 2.24) is 20.5 Å². The van der Waals surface area contributed by atoms with Gasteiger partial charge in [0.15, 0.2) is 0 Å². The highest BCUT2D eigenvalue weighted by molar-refractivity contribution is 7.10. The van der Waals surface area contributed by atoms with E-state index in [1.54, 1.807) is 24.6 Å². The fourth-order valence-electron chi connectivity index (χ4n) is 4.98. The zero-order chi connectivity index (χ0) is 23.2. The number of benzene rings is 1. The third-order valence-corrected chi connectivity index (χ3v) is 7.60. The molecule has 1 aliphatic carbocycles. The molecule has 2 amide bonds. The van der Waals surface area contributed by atoms with Crippen molar-refractivity contribution in [2.45, 2.75) is 57.0 Å². The van der Waals surface area contributed by atoms with E-state index in [9.17, 15) is 14.4 Å². The summed E-state index contributed by atoms with van der Waals surface area (Å²) in [6.07, 6.45) is 7.00. The number of rotatable bonds is 8. The van der Waals surface area contributed by atoms with Gasteiger partial charge in [0.25, 0.3) is 0 Å². The second kappa shape index (κ2) is 11.0. The molecule has 1 saturated carbocycles. The first-order valence-corrected chi connectivity index (χ1v) is 12.8. The van der Waals surface area contributed by atoms with Gasteiger partial charge in [0, 0.05) is 17.5 Å². The van der Waals surface area contributed by atoms with Gasteiger partial charge in [0.1, 0.15) is 16.7 Å². The van der Waals surface area contributed by atoms with Crippen LogP contribution in [0.3, 0.4) is 0 Å². The standard InChI is InChI=1S/C25H32N4O3S/c1-26-15-21(30)28-22(17-9-4-2-5-10-17)25(32)29-14-8-13-20(29)24-27-19(16-33-24)23(31)18-11-6-3-7-12-18/h3,6-7,11-12,16-17,20,22,26H,2,4-5,8-10,13-15H2,1H3,(H,28,30). The Balaban J connectivity index is 1.52. The molecular weight excluding hydrogens is 436 g/mol. The van der Waals surface area contributed by atoms with Crippen LogP contribution in [0.5, 0.6) is 0 Å². The van der Waals surface area contributed by atoms with Gasteiger partial charge in [0.05, 0.1) is 12.6 Å². The lowest BCUT2D eigenvalue weighted by Gasteiger charge is -2.34. The molecule has 1 aliphatic heterocycles. The van der Waals surface area contributed by atoms with E-state index >= 15 is 0 Å². The molecule has 2 fully saturated rings. The Hall–Kier alpha value is -2.58. The van der Waals surface area contributed by atoms with Crippen molar-refractivity contribution in [3.8, 4) is 0 Å². The van der Waals surface area contributed by atoms with E-state index in [2.05, 4.69) is 15.6 Å². The van der Waals surface area contributed by atoms with Crippen LogP contribution in [0, 0.1) is 5.92 Å². The molecule has 1 aromatic heterocycles. The van der Waals surface area contributed by atoms with Gasteiger partial charge in [-0.15, -0.1) is 11.3 Å². The van der Waals surface area contributed by atoms with Crippen LogP contribution in [0.2, 0.25) is 0 Å². The number of hydrogen-bond acceptors (Lipinski definition) is 6. The average Bonchev–Trinajstić information content (AvgIpc) is 3.53. The fourth-order valence-corrected chi connectivity index (χ4v) is 5.93. The number of carbonyl (C=O) groups is 3. The summed E-state index contributed by atoms with van der Waals surface area (Å²) in [6.45, 7) is 0.841. The predicted molar refractivity (Wildman–Crippen MR) is 128 cm³/mol. The minimum Gasteiger partial charge on any atom is -0.343 e. The summed E-state index contributed by atoms with van der Waals surface area (Å²) in [5.41, 5.74) is 1.03. The Labute approximate surface area is 199 Å². The zero-order valence-corrected chi connectivity index (χ0v) is 19.9. The third kappa shape index (κ3) is 5.50. The Morgan fingerprint density at radius 3 is 2.58 bits per heavy atom. The van der Waals surface area contributed by atoms with Gasteiger partial charge in [-0.2, -0.15) is 0 Å². The molecule has 8 heteroatoms. The molecule has 2 atom stereocenters. The molecule has 7 nitrogen and oxygen atoms in total. The van der Waals surface area contributed by atoms with Crippen LogP contribution in [-0.4, -0.2) is 53.7 Å². The minimum absolute atomic E-state index is 0.0139. The highest BCUT2D eigenvalue weighted by atomic mass is 32.1. The van der Waals surface area contributed by atoms with Crippen LogP contribution in [0.25, 0.3) is 0 Å². The maximum absolute atomic E-state index is 13.7. The summed E-state index contributed by atoms with van der Waals surface area (Å²) in [6, 6.07) is 8.48. The van der Waals surface area contributed by atoms with E-state index in [-0.39, 0.29) is 36.1 Å². The second-order valence-corrected chi connectivity index (χ2v) is 9.82. The van der Waals surface area contributed by atoms with Crippen molar-refractivity contribution in [2.75, 3.05) is 20.1 Å². The summed E-state index contributed by atoms with van der Waals surface area (Å²) in [4.78, 5) is 45.4. The lowest BCUT2D eigenvalue weighted by molar-refractivity contribution is -0.139. The van der Waals surface area contributed by atoms with E-state index in [4.69, 9.17) is 0 Å². The summed E-state index contributed by atoms with van der Waals surface area (Å²) in [5.74, 6) is -0.102. The molecule has 176 valence electrons. The molecule has 33 heavy (non-hydrogen) atoms. The summed E-state index contributed by atoms with van der Waals surface area (Å²) in [5, 5.41) is 8.47. The van der Waals surface area contributed by atoms with E-state index in [0.717, 1.165) is 43.5 Å². The highest BCUT2D eigenvalue weighted by Gasteiger charge is 2.39. The second-order valence-electron chi connectivity index (χ2n) is 8.93. The Morgan fingerprint density at radius 2 is 1.85 bits per heavy atom. The predicted octanol–water partition coefficient (Wildman–Crippen LogP) is 3.32. The van der Waals surface area contributed by atoms with Crippen molar-refractivity contribution in [3.05, 3.63) is 52.0 Å². The monoisotopic (exact) mass is 468 g/mol. The van der Waals surface area contributed by atoms with E-state index < -0.39 is 6.04 Å². The van der Waals surface area contributed by atoms with Gasteiger partial charge in [-0.05, 0) is 38.6 Å². The number of likely N-dealkylation sites (tertiary alicyclic amines) is 1. The van der Waals surface area contributed by atoms with E-state index in [1.165, 1.54) is 17.8 Å². The van der Waals surface area contributed by atoms with Gasteiger partial charge < -0.3 is 15.5 Å². The number of aromatic nitrogens is 1. The molecule has 2 heterocycles. The number of nitrogens with zero attached hydrogens (tertiary/aromatic N) is 2. The van der Waals surface area contributed by atoms with Gasteiger partial charge in [-0.25, -0.2) is 4.98 Å². The number of hydrogen-bond donors (Lipinski definition) is 2. The molecule has 4 rings (SSSR count). The molecule has 2 aromatic rings. The van der Waals surface area contributed by atoms with E-state index in [1.807, 2.05) is 23.1 Å². The van der Waals surface area contributed by atoms with Crippen LogP contribution in [0.4, 0.5) is 0 Å². The Bertz CT molecular complexity index is 971. The van der Waals surface area contributed by atoms with Crippen LogP contribution in [-0.2, 0) is 9.59 Å². The van der Waals surface area contributed by atoms with Gasteiger partial charge in [0.2, 0.25) is 17.6 Å². The topological polar surface area (TPSA) is 91.4 Å². The normalized spacial score (nSPS) is 19.9. The van der Waals surface area contributed by atoms with Crippen LogP contribution < -0.4 is 10.6 Å². The first-order chi connectivity index (χ1) is 16.1. The lowest BCUT2D eigenvalue weighted by Crippen LogP contribution is -2.53. The van der Waals surface area contributed by atoms with Gasteiger partial charge in [-0.1, -0.05) is 49.6 Å². The van der Waals surface area contributed by atoms with Crippen molar-refractivity contribution >= 4 is 28.9 Å². The van der Waals surface area contributed by atoms with Crippen LogP contribution in [0.1, 0.15) is 72.0 Å². The number of ketones is 1. The molecular formula is C25H32N4O3S. The number of likely N-dealkylation sites (N-methyl/N-ethyl adjacent to an activating group) is 1. The van der Waals surface area contributed by atoms with Gasteiger partial charge in [-0.3, -0.25) is 14.4 Å². The molecule has 0 bridgehead atoms. The molecule has 2 N–H and O–H groups in total. The summed E-state index contributed by atoms with van der Waals surface area (Å²) < 4.78 is 0. The van der Waals surface area contributed by atoms with Crippen molar-refractivity contribution < 1.29 is 14.4 Å². The smallest absolute Gasteiger partial charge is 0.246 e. The zero-order valence-electron chi connectivity index (χ0n) is 19.1. The number of carbonyl (C=O) groups excluding carboxylic acids is 3. The first kappa shape index (κ1) is 23.6. The molecule has 1 saturated heterocycles. The maximum atomic E-state index is 13.7. The SMILES string of the molecule is CNCC(=O)NC(C(=O)N1CCCC1c1nc(C(=O)c2ccccc2)cs1)C1CCCCC1. The average molecular weight is 469 g/mol. The lowest BCUT2D eigenvalue weighted by atomic mass is 9.83. The van der Waals surface area contributed by atoms with Gasteiger partial charge >= 0.3 is 0 Å². The summed E-state index contributed by atoms with van der Waals surface area (Å²) in [7, 11) is 1.73. The molecule has 0 radical (unpaired) electrons. The molecule has 2 aliphatic rings. The Morgan fingerprint density at radius 1 is 1.09 bits per heavy atom. The molecule has 1 aromatic carbocycles. The molecule has 0 spiro atoms. The van der Waals surface area contributed by atoms with Crippen LogP contribution >= 0.6 is 11.3 Å². The highest BCUT2D eigenvalue weighted by Crippen LogP contribution is 2.36.